The number of rotatable bonds is 19. The van der Waals surface area contributed by atoms with Crippen molar-refractivity contribution in [2.24, 2.45) is 0 Å². The van der Waals surface area contributed by atoms with Crippen LogP contribution in [0.1, 0.15) is 84.0 Å². The Morgan fingerprint density at radius 1 is 0.196 bits per heavy atom. The van der Waals surface area contributed by atoms with Crippen LogP contribution in [0.2, 0.25) is 10.6 Å². The summed E-state index contributed by atoms with van der Waals surface area (Å²) < 4.78 is 17.4. The minimum absolute atomic E-state index is 0.345. The quantitative estimate of drug-likeness (QED) is 0.0559. The van der Waals surface area contributed by atoms with Crippen LogP contribution >= 0.6 is 0 Å². The van der Waals surface area contributed by atoms with E-state index in [2.05, 4.69) is 336 Å². The second-order valence-corrected chi connectivity index (χ2v) is 43.8. The van der Waals surface area contributed by atoms with Crippen LogP contribution in [0.25, 0.3) is 21.5 Å². The first-order valence-corrected chi connectivity index (χ1v) is 48.7. The average molecular weight is 1730 g/mol. The van der Waals surface area contributed by atoms with E-state index >= 15 is 0 Å². The van der Waals surface area contributed by atoms with Crippen molar-refractivity contribution in [3.8, 4) is 0 Å². The van der Waals surface area contributed by atoms with Crippen molar-refractivity contribution in [1.29, 1.82) is 0 Å². The minimum atomic E-state index is 0.345. The number of benzene rings is 12. The molecule has 0 aromatic heterocycles. The van der Waals surface area contributed by atoms with E-state index in [1.807, 2.05) is 0 Å². The predicted molar refractivity (Wildman–Crippen MR) is 418 cm³/mol. The van der Waals surface area contributed by atoms with Gasteiger partial charge in [-0.3, -0.25) is 0 Å². The zero-order valence-corrected chi connectivity index (χ0v) is 68.6. The van der Waals surface area contributed by atoms with Crippen molar-refractivity contribution in [3.63, 3.8) is 0 Å². The number of hydrogen-bond acceptors (Lipinski definition) is 0. The van der Waals surface area contributed by atoms with E-state index in [0.717, 1.165) is 15.0 Å². The van der Waals surface area contributed by atoms with E-state index in [4.69, 9.17) is 0 Å². The van der Waals surface area contributed by atoms with Crippen molar-refractivity contribution in [2.45, 2.75) is 106 Å². The zero-order valence-electron chi connectivity index (χ0n) is 54.9. The van der Waals surface area contributed by atoms with Gasteiger partial charge in [-0.2, -0.15) is 0 Å². The van der Waals surface area contributed by atoms with E-state index in [1.54, 1.807) is 0 Å². The summed E-state index contributed by atoms with van der Waals surface area (Å²) in [5, 5.41) is 8.38. The number of unbranched alkanes of at least 4 members (excludes halogenated alkanes) is 2. The SMILES string of the molecule is CCCC[Se]CCCC.Cc1ccc([Se][Se]c2ccc(C)cc2)cc1.Cc1ccc([Se]c2ccc(C)cc2)cc1.Cc1ccc([Se]c2ccc([Se]c3ccc([Se]c4ccc(C)cc4)cc3)cc2)cc1.Cc1ccc2cc([Se]c3ccc4cc(C)ccc4c3)ccc2c1. The van der Waals surface area contributed by atoms with Crippen LogP contribution in [-0.4, -0.2) is 116 Å². The van der Waals surface area contributed by atoms with Gasteiger partial charge in [0.25, 0.3) is 0 Å². The number of fused-ring (bicyclic) bond motifs is 2. The molecule has 0 nitrogen and oxygen atoms in total. The third-order valence-electron chi connectivity index (χ3n) is 14.4. The molecular formula is C84H86Se8. The van der Waals surface area contributed by atoms with Crippen LogP contribution in [0.3, 0.4) is 0 Å². The standard InChI is InChI=1S/C26H22Se3.C22H18Se.C14H14Se2.C14H14Se.C8H18Se/c1-19-3-7-21(8-4-19)27-23-11-15-25(16-12-23)29-26-17-13-24(14-18-26)28-22-9-5-20(2)6-10-22;1-15-3-5-19-13-21(9-7-17(19)11-15)23-22-10-8-18-12-16(2)4-6-20(18)14-22;1-11-3-7-13(8-4-11)15-16-14-9-5-12(2)6-10-14;1-11-3-7-13(8-4-11)15-14-9-5-12(2)6-10-14;1-3-5-7-9-8-6-4-2/h3-18H,1-2H3;3-14H,1-2H3;3-10H,1-2H3;3-10H,1-2H3;3-8H2,1-2H3. The van der Waals surface area contributed by atoms with Crippen molar-refractivity contribution in [1.82, 2.24) is 0 Å². The van der Waals surface area contributed by atoms with Crippen LogP contribution in [0.15, 0.2) is 267 Å². The molecule has 0 radical (unpaired) electrons. The van der Waals surface area contributed by atoms with E-state index in [0.29, 0.717) is 101 Å². The molecule has 0 N–H and O–H groups in total. The van der Waals surface area contributed by atoms with Gasteiger partial charge in [0.1, 0.15) is 0 Å². The maximum absolute atomic E-state index is 2.34. The Labute approximate surface area is 601 Å². The van der Waals surface area contributed by atoms with Gasteiger partial charge in [0, 0.05) is 0 Å². The third kappa shape index (κ3) is 26.8. The molecule has 12 rings (SSSR count). The van der Waals surface area contributed by atoms with Gasteiger partial charge in [0.15, 0.2) is 0 Å². The van der Waals surface area contributed by atoms with Crippen LogP contribution in [-0.2, 0) is 0 Å². The summed E-state index contributed by atoms with van der Waals surface area (Å²) in [6, 6.07) is 99.0. The molecule has 470 valence electrons. The first-order valence-electron chi connectivity index (χ1n) is 31.6. The fourth-order valence-electron chi connectivity index (χ4n) is 8.95. The molecule has 0 unspecified atom stereocenters. The van der Waals surface area contributed by atoms with Crippen LogP contribution in [0, 0.1) is 55.4 Å². The summed E-state index contributed by atoms with van der Waals surface area (Å²) in [7, 11) is 0. The molecule has 0 saturated heterocycles. The normalized spacial score (nSPS) is 10.7. The van der Waals surface area contributed by atoms with Crippen molar-refractivity contribution >= 4 is 191 Å². The topological polar surface area (TPSA) is 0 Å². The molecule has 0 aliphatic heterocycles. The summed E-state index contributed by atoms with van der Waals surface area (Å²) in [6.07, 6.45) is 5.69. The molecule has 0 saturated carbocycles. The van der Waals surface area contributed by atoms with Crippen molar-refractivity contribution < 1.29 is 0 Å². The number of hydrogen-bond donors (Lipinski definition) is 0. The molecule has 0 aliphatic carbocycles. The summed E-state index contributed by atoms with van der Waals surface area (Å²) in [4.78, 5) is 0. The van der Waals surface area contributed by atoms with E-state index in [-0.39, 0.29) is 0 Å². The predicted octanol–water partition coefficient (Wildman–Crippen LogP) is 12.2. The molecule has 0 heterocycles. The monoisotopic (exact) mass is 1730 g/mol. The molecule has 0 amide bonds. The van der Waals surface area contributed by atoms with Crippen LogP contribution < -0.4 is 53.5 Å². The Bertz CT molecular complexity index is 3820. The third-order valence-corrected chi connectivity index (χ3v) is 34.6. The second kappa shape index (κ2) is 40.0. The Hall–Kier alpha value is -4.68. The van der Waals surface area contributed by atoms with Gasteiger partial charge >= 0.3 is 608 Å². The van der Waals surface area contributed by atoms with E-state index in [1.165, 1.54) is 156 Å². The van der Waals surface area contributed by atoms with Gasteiger partial charge in [0.2, 0.25) is 0 Å². The van der Waals surface area contributed by atoms with Crippen molar-refractivity contribution in [3.05, 3.63) is 311 Å². The maximum atomic E-state index is 2.34. The first-order chi connectivity index (χ1) is 44.7. The van der Waals surface area contributed by atoms with Gasteiger partial charge in [-0.1, -0.05) is 0 Å². The molecule has 12 aromatic rings. The molecule has 0 fully saturated rings. The molecule has 0 aliphatic rings. The summed E-state index contributed by atoms with van der Waals surface area (Å²) in [6.45, 7) is 21.7. The molecule has 92 heavy (non-hydrogen) atoms. The van der Waals surface area contributed by atoms with E-state index in [9.17, 15) is 0 Å². The molecular weight excluding hydrogens is 1640 g/mol. The zero-order chi connectivity index (χ0) is 64.9. The van der Waals surface area contributed by atoms with Gasteiger partial charge in [-0.15, -0.1) is 0 Å². The summed E-state index contributed by atoms with van der Waals surface area (Å²) in [5.41, 5.74) is 10.7. The molecule has 0 bridgehead atoms. The summed E-state index contributed by atoms with van der Waals surface area (Å²) in [5.74, 6) is 0. The molecule has 12 aromatic carbocycles. The fourth-order valence-corrected chi connectivity index (χ4v) is 26.2. The van der Waals surface area contributed by atoms with Gasteiger partial charge in [-0.05, 0) is 0 Å². The summed E-state index contributed by atoms with van der Waals surface area (Å²) >= 11 is 4.15. The molecule has 0 spiro atoms. The Morgan fingerprint density at radius 3 is 0.630 bits per heavy atom. The Kier molecular flexibility index (Phi) is 31.8. The molecule has 0 atom stereocenters. The number of aryl methyl sites for hydroxylation is 8. The van der Waals surface area contributed by atoms with Crippen LogP contribution in [0.5, 0.6) is 0 Å². The van der Waals surface area contributed by atoms with Crippen molar-refractivity contribution in [2.75, 3.05) is 0 Å². The Balaban J connectivity index is 0.000000155. The molecule has 8 heteroatoms. The van der Waals surface area contributed by atoms with Gasteiger partial charge in [0.05, 0.1) is 0 Å². The second-order valence-electron chi connectivity index (χ2n) is 22.8. The van der Waals surface area contributed by atoms with Crippen LogP contribution in [0.4, 0.5) is 0 Å². The average Bonchev–Trinajstić information content (AvgIpc) is 0.938. The van der Waals surface area contributed by atoms with Gasteiger partial charge in [-0.25, -0.2) is 0 Å². The van der Waals surface area contributed by atoms with E-state index < -0.39 is 0 Å². The van der Waals surface area contributed by atoms with Gasteiger partial charge < -0.3 is 0 Å². The Morgan fingerprint density at radius 2 is 0.380 bits per heavy atom. The fraction of sp³-hybridized carbons (Fsp3) is 0.190. The first kappa shape index (κ1) is 73.1.